The van der Waals surface area contributed by atoms with E-state index in [9.17, 15) is 9.59 Å². The lowest BCUT2D eigenvalue weighted by Gasteiger charge is -2.31. The van der Waals surface area contributed by atoms with Gasteiger partial charge in [0.05, 0.1) is 7.11 Å². The second-order valence-corrected chi connectivity index (χ2v) is 9.42. The number of ether oxygens (including phenoxy) is 1. The maximum absolute atomic E-state index is 14.0. The van der Waals surface area contributed by atoms with Gasteiger partial charge in [0, 0.05) is 29.4 Å². The van der Waals surface area contributed by atoms with Crippen molar-refractivity contribution < 1.29 is 14.3 Å². The highest BCUT2D eigenvalue weighted by Gasteiger charge is 2.35. The number of nitrogens with one attached hydrogen (secondary N) is 1. The van der Waals surface area contributed by atoms with E-state index in [0.717, 1.165) is 5.56 Å². The summed E-state index contributed by atoms with van der Waals surface area (Å²) >= 11 is 1.40. The summed E-state index contributed by atoms with van der Waals surface area (Å²) in [5.74, 6) is -0.307. The highest BCUT2D eigenvalue weighted by Crippen LogP contribution is 2.35. The van der Waals surface area contributed by atoms with Crippen LogP contribution in [0.3, 0.4) is 0 Å². The van der Waals surface area contributed by atoms with Crippen LogP contribution in [0.5, 0.6) is 5.75 Å². The molecule has 2 amide bonds. The first-order chi connectivity index (χ1) is 19.2. The molecular weight excluding hydrogens is 514 g/mol. The van der Waals surface area contributed by atoms with Crippen molar-refractivity contribution in [2.45, 2.75) is 12.5 Å². The number of carbonyl (C=O) groups is 2. The Labute approximate surface area is 228 Å². The van der Waals surface area contributed by atoms with Gasteiger partial charge in [-0.05, 0) is 58.1 Å². The molecule has 0 aliphatic rings. The predicted molar refractivity (Wildman–Crippen MR) is 147 cm³/mol. The number of aromatic nitrogens is 5. The Morgan fingerprint density at radius 2 is 1.90 bits per heavy atom. The predicted octanol–water partition coefficient (Wildman–Crippen LogP) is 3.87. The summed E-state index contributed by atoms with van der Waals surface area (Å²) in [5.41, 5.74) is 2.35. The summed E-state index contributed by atoms with van der Waals surface area (Å²) in [6, 6.07) is 22.9. The Morgan fingerprint density at radius 1 is 1.05 bits per heavy atom. The molecule has 5 rings (SSSR count). The molecule has 10 nitrogen and oxygen atoms in total. The number of thiophene rings is 1. The molecule has 3 aromatic heterocycles. The molecule has 0 fully saturated rings. The van der Waals surface area contributed by atoms with E-state index in [1.165, 1.54) is 34.4 Å². The number of methoxy groups -OCH3 is 1. The van der Waals surface area contributed by atoms with E-state index < -0.39 is 11.9 Å². The lowest BCUT2D eigenvalue weighted by atomic mass is 10.1. The molecule has 1 atom stereocenters. The molecule has 0 radical (unpaired) electrons. The van der Waals surface area contributed by atoms with Crippen LogP contribution in [0.4, 0.5) is 5.69 Å². The highest BCUT2D eigenvalue weighted by molar-refractivity contribution is 7.10. The number of anilines is 1. The van der Waals surface area contributed by atoms with E-state index in [1.807, 2.05) is 47.8 Å². The lowest BCUT2D eigenvalue weighted by Crippen LogP contribution is -2.44. The third kappa shape index (κ3) is 5.83. The fraction of sp³-hybridized carbons (Fsp3) is 0.143. The highest BCUT2D eigenvalue weighted by atomic mass is 32.1. The van der Waals surface area contributed by atoms with Crippen molar-refractivity contribution in [1.82, 2.24) is 30.5 Å². The van der Waals surface area contributed by atoms with Crippen LogP contribution in [0.1, 0.15) is 27.0 Å². The van der Waals surface area contributed by atoms with Gasteiger partial charge in [-0.25, -0.2) is 0 Å². The first-order valence-corrected chi connectivity index (χ1v) is 13.0. The molecule has 0 saturated heterocycles. The van der Waals surface area contributed by atoms with E-state index in [1.54, 1.807) is 42.6 Å². The Bertz CT molecular complexity index is 1510. The number of pyridine rings is 1. The molecule has 11 heteroatoms. The van der Waals surface area contributed by atoms with Crippen LogP contribution in [0.2, 0.25) is 0 Å². The minimum Gasteiger partial charge on any atom is -0.494 e. The minimum absolute atomic E-state index is 0.208. The molecule has 196 valence electrons. The molecule has 1 N–H and O–H groups in total. The molecule has 5 aromatic rings. The monoisotopic (exact) mass is 539 g/mol. The van der Waals surface area contributed by atoms with Gasteiger partial charge in [0.15, 0.2) is 6.04 Å². The quantitative estimate of drug-likeness (QED) is 0.286. The molecule has 0 aliphatic heterocycles. The number of tetrazole rings is 1. The average Bonchev–Trinajstić information content (AvgIpc) is 3.71. The van der Waals surface area contributed by atoms with Crippen LogP contribution in [0.25, 0.3) is 5.69 Å². The zero-order chi connectivity index (χ0) is 27.0. The smallest absolute Gasteiger partial charge is 0.277 e. The van der Waals surface area contributed by atoms with Gasteiger partial charge >= 0.3 is 0 Å². The van der Waals surface area contributed by atoms with E-state index in [4.69, 9.17) is 4.74 Å². The first-order valence-electron chi connectivity index (χ1n) is 12.2. The summed E-state index contributed by atoms with van der Waals surface area (Å²) in [6.45, 7) is 0.415. The van der Waals surface area contributed by atoms with Crippen LogP contribution < -0.4 is 15.0 Å². The van der Waals surface area contributed by atoms with Gasteiger partial charge in [0.1, 0.15) is 23.5 Å². The second kappa shape index (κ2) is 12.1. The van der Waals surface area contributed by atoms with Gasteiger partial charge in [0.2, 0.25) is 5.91 Å². The van der Waals surface area contributed by atoms with Gasteiger partial charge in [0.25, 0.3) is 5.91 Å². The summed E-state index contributed by atoms with van der Waals surface area (Å²) < 4.78 is 7.08. The minimum atomic E-state index is -0.945. The van der Waals surface area contributed by atoms with E-state index >= 15 is 0 Å². The maximum atomic E-state index is 14.0. The van der Waals surface area contributed by atoms with E-state index in [0.29, 0.717) is 35.0 Å². The maximum Gasteiger partial charge on any atom is 0.277 e. The molecule has 2 aromatic carbocycles. The first kappa shape index (κ1) is 25.7. The number of amides is 2. The molecule has 0 spiro atoms. The van der Waals surface area contributed by atoms with Crippen molar-refractivity contribution >= 4 is 28.8 Å². The van der Waals surface area contributed by atoms with Crippen molar-refractivity contribution in [2.75, 3.05) is 18.6 Å². The number of carbonyl (C=O) groups excluding carboxylic acids is 2. The van der Waals surface area contributed by atoms with Crippen LogP contribution >= 0.6 is 11.3 Å². The van der Waals surface area contributed by atoms with E-state index in [2.05, 4.69) is 25.8 Å². The Morgan fingerprint density at radius 3 is 2.59 bits per heavy atom. The molecule has 0 aliphatic carbocycles. The fourth-order valence-electron chi connectivity index (χ4n) is 4.17. The summed E-state index contributed by atoms with van der Waals surface area (Å²) in [4.78, 5) is 34.2. The number of hydrogen-bond donors (Lipinski definition) is 1. The summed E-state index contributed by atoms with van der Waals surface area (Å²) in [7, 11) is 1.52. The third-order valence-corrected chi connectivity index (χ3v) is 6.94. The van der Waals surface area contributed by atoms with Crippen molar-refractivity contribution in [3.8, 4) is 11.4 Å². The molecule has 39 heavy (non-hydrogen) atoms. The summed E-state index contributed by atoms with van der Waals surface area (Å²) in [6.07, 6.45) is 3.66. The van der Waals surface area contributed by atoms with Crippen molar-refractivity contribution in [2.24, 2.45) is 0 Å². The standard InChI is InChI=1S/C28H25N7O3S/c1-38-24-18-21(12-13-23(24)34-19-31-32-33-34)35(28(37)22-10-5-6-15-29-22)26(25-11-7-17-39-25)27(36)30-16-14-20-8-3-2-4-9-20/h2-13,15,17-19,26H,14,16H2,1H3,(H,30,36). The van der Waals surface area contributed by atoms with Gasteiger partial charge in [-0.3, -0.25) is 19.5 Å². The van der Waals surface area contributed by atoms with Gasteiger partial charge < -0.3 is 10.1 Å². The number of hydrogen-bond acceptors (Lipinski definition) is 8. The van der Waals surface area contributed by atoms with Crippen molar-refractivity contribution in [1.29, 1.82) is 0 Å². The Hall–Kier alpha value is -4.90. The van der Waals surface area contributed by atoms with Gasteiger partial charge in [-0.15, -0.1) is 16.4 Å². The number of rotatable bonds is 10. The van der Waals surface area contributed by atoms with Crippen LogP contribution in [0.15, 0.2) is 96.8 Å². The van der Waals surface area contributed by atoms with Gasteiger partial charge in [-0.1, -0.05) is 42.5 Å². The zero-order valence-electron chi connectivity index (χ0n) is 21.0. The molecule has 1 unspecified atom stereocenters. The van der Waals surface area contributed by atoms with Crippen molar-refractivity contribution in [3.05, 3.63) is 113 Å². The van der Waals surface area contributed by atoms with Crippen LogP contribution in [-0.2, 0) is 11.2 Å². The average molecular weight is 540 g/mol. The zero-order valence-corrected chi connectivity index (χ0v) is 21.9. The van der Waals surface area contributed by atoms with Crippen LogP contribution in [0, 0.1) is 0 Å². The summed E-state index contributed by atoms with van der Waals surface area (Å²) in [5, 5.41) is 16.2. The molecule has 0 bridgehead atoms. The van der Waals surface area contributed by atoms with Crippen LogP contribution in [-0.4, -0.2) is 50.7 Å². The van der Waals surface area contributed by atoms with Gasteiger partial charge in [-0.2, -0.15) is 4.68 Å². The van der Waals surface area contributed by atoms with Crippen molar-refractivity contribution in [3.63, 3.8) is 0 Å². The Balaban J connectivity index is 1.54. The normalized spacial score (nSPS) is 11.5. The Kier molecular flexibility index (Phi) is 7.98. The fourth-order valence-corrected chi connectivity index (χ4v) is 4.98. The largest absolute Gasteiger partial charge is 0.494 e. The van der Waals surface area contributed by atoms with E-state index in [-0.39, 0.29) is 11.6 Å². The molecule has 0 saturated carbocycles. The topological polar surface area (TPSA) is 115 Å². The molecule has 3 heterocycles. The SMILES string of the molecule is COc1cc(N(C(=O)c2ccccn2)C(C(=O)NCCc2ccccc2)c2cccs2)ccc1-n1cnnn1. The lowest BCUT2D eigenvalue weighted by molar-refractivity contribution is -0.122. The second-order valence-electron chi connectivity index (χ2n) is 8.45. The number of nitrogens with zero attached hydrogens (tertiary/aromatic N) is 6. The molecular formula is C28H25N7O3S. The number of benzene rings is 2. The third-order valence-electron chi connectivity index (χ3n) is 6.02.